The van der Waals surface area contributed by atoms with E-state index < -0.39 is 0 Å². The van der Waals surface area contributed by atoms with Gasteiger partial charge in [-0.1, -0.05) is 16.8 Å². The lowest BCUT2D eigenvalue weighted by molar-refractivity contribution is 0.0944. The standard InChI is InChI=1S/C9H10ClN5O/c10-8-7-9(12-5-11-8)15(14-13-7)4-6-2-1-3-16-6/h5-6H,1-4H2. The maximum absolute atomic E-state index is 5.89. The van der Waals surface area contributed by atoms with Crippen LogP contribution < -0.4 is 0 Å². The molecule has 3 heterocycles. The van der Waals surface area contributed by atoms with E-state index in [9.17, 15) is 0 Å². The second-order valence-electron chi connectivity index (χ2n) is 3.74. The maximum atomic E-state index is 5.89. The molecule has 1 unspecified atom stereocenters. The van der Waals surface area contributed by atoms with Crippen LogP contribution in [-0.2, 0) is 11.3 Å². The van der Waals surface area contributed by atoms with Crippen molar-refractivity contribution in [3.63, 3.8) is 0 Å². The summed E-state index contributed by atoms with van der Waals surface area (Å²) in [5.41, 5.74) is 1.21. The lowest BCUT2D eigenvalue weighted by atomic mass is 10.2. The van der Waals surface area contributed by atoms with Crippen LogP contribution in [0.5, 0.6) is 0 Å². The summed E-state index contributed by atoms with van der Waals surface area (Å²) >= 11 is 5.89. The van der Waals surface area contributed by atoms with E-state index >= 15 is 0 Å². The van der Waals surface area contributed by atoms with Gasteiger partial charge in [0.15, 0.2) is 16.3 Å². The van der Waals surface area contributed by atoms with Crippen molar-refractivity contribution in [1.29, 1.82) is 0 Å². The second kappa shape index (κ2) is 3.95. The number of aromatic nitrogens is 5. The Morgan fingerprint density at radius 3 is 3.25 bits per heavy atom. The molecule has 0 aromatic carbocycles. The predicted molar refractivity (Wildman–Crippen MR) is 57.1 cm³/mol. The highest BCUT2D eigenvalue weighted by molar-refractivity contribution is 6.33. The molecule has 1 aliphatic rings. The lowest BCUT2D eigenvalue weighted by Gasteiger charge is -2.08. The van der Waals surface area contributed by atoms with Gasteiger partial charge >= 0.3 is 0 Å². The van der Waals surface area contributed by atoms with Crippen LogP contribution >= 0.6 is 11.6 Å². The van der Waals surface area contributed by atoms with Crippen molar-refractivity contribution < 1.29 is 4.74 Å². The van der Waals surface area contributed by atoms with Crippen LogP contribution in [0.15, 0.2) is 6.33 Å². The summed E-state index contributed by atoms with van der Waals surface area (Å²) in [4.78, 5) is 7.99. The lowest BCUT2D eigenvalue weighted by Crippen LogP contribution is -2.16. The summed E-state index contributed by atoms with van der Waals surface area (Å²) in [6.45, 7) is 1.50. The second-order valence-corrected chi connectivity index (χ2v) is 4.10. The molecule has 2 aromatic heterocycles. The van der Waals surface area contributed by atoms with Crippen molar-refractivity contribution in [3.8, 4) is 0 Å². The Morgan fingerprint density at radius 1 is 1.50 bits per heavy atom. The van der Waals surface area contributed by atoms with Gasteiger partial charge in [-0.3, -0.25) is 0 Å². The number of rotatable bonds is 2. The molecule has 1 aliphatic heterocycles. The molecule has 1 atom stereocenters. The van der Waals surface area contributed by atoms with E-state index in [0.717, 1.165) is 19.4 Å². The number of hydrogen-bond acceptors (Lipinski definition) is 5. The highest BCUT2D eigenvalue weighted by Crippen LogP contribution is 2.18. The van der Waals surface area contributed by atoms with E-state index in [1.165, 1.54) is 6.33 Å². The van der Waals surface area contributed by atoms with Crippen LogP contribution in [0.1, 0.15) is 12.8 Å². The molecule has 7 heteroatoms. The molecule has 3 rings (SSSR count). The minimum Gasteiger partial charge on any atom is -0.376 e. The Labute approximate surface area is 96.6 Å². The first-order chi connectivity index (χ1) is 7.84. The van der Waals surface area contributed by atoms with E-state index in [4.69, 9.17) is 16.3 Å². The molecule has 16 heavy (non-hydrogen) atoms. The van der Waals surface area contributed by atoms with E-state index in [1.807, 2.05) is 0 Å². The summed E-state index contributed by atoms with van der Waals surface area (Å²) < 4.78 is 7.26. The topological polar surface area (TPSA) is 65.7 Å². The van der Waals surface area contributed by atoms with Crippen LogP contribution in [0.2, 0.25) is 5.15 Å². The monoisotopic (exact) mass is 239 g/mol. The molecule has 2 aromatic rings. The average Bonchev–Trinajstić information content (AvgIpc) is 2.90. The van der Waals surface area contributed by atoms with Crippen LogP contribution in [0.3, 0.4) is 0 Å². The Hall–Kier alpha value is -1.27. The van der Waals surface area contributed by atoms with Crippen molar-refractivity contribution in [2.24, 2.45) is 0 Å². The van der Waals surface area contributed by atoms with Gasteiger partial charge in [-0.15, -0.1) is 5.10 Å². The summed E-state index contributed by atoms with van der Waals surface area (Å²) in [6.07, 6.45) is 3.78. The van der Waals surface area contributed by atoms with E-state index in [1.54, 1.807) is 4.68 Å². The highest BCUT2D eigenvalue weighted by atomic mass is 35.5. The largest absolute Gasteiger partial charge is 0.376 e. The zero-order chi connectivity index (χ0) is 11.0. The first kappa shape index (κ1) is 9.92. The SMILES string of the molecule is Clc1ncnc2c1nnn2CC1CCCO1. The smallest absolute Gasteiger partial charge is 0.183 e. The first-order valence-electron chi connectivity index (χ1n) is 5.16. The quantitative estimate of drug-likeness (QED) is 0.733. The zero-order valence-electron chi connectivity index (χ0n) is 8.51. The van der Waals surface area contributed by atoms with E-state index in [-0.39, 0.29) is 6.10 Å². The fourth-order valence-electron chi connectivity index (χ4n) is 1.87. The summed E-state index contributed by atoms with van der Waals surface area (Å²) in [5, 5.41) is 8.32. The summed E-state index contributed by atoms with van der Waals surface area (Å²) in [5.74, 6) is 0. The molecular weight excluding hydrogens is 230 g/mol. The van der Waals surface area contributed by atoms with Gasteiger partial charge in [-0.2, -0.15) is 0 Å². The minimum absolute atomic E-state index is 0.207. The number of halogens is 1. The molecule has 0 spiro atoms. The van der Waals surface area contributed by atoms with Gasteiger partial charge in [0.25, 0.3) is 0 Å². The summed E-state index contributed by atoms with van der Waals surface area (Å²) in [6, 6.07) is 0. The first-order valence-corrected chi connectivity index (χ1v) is 5.53. The average molecular weight is 240 g/mol. The van der Waals surface area contributed by atoms with Gasteiger partial charge in [-0.05, 0) is 12.8 Å². The van der Waals surface area contributed by atoms with Gasteiger partial charge in [-0.25, -0.2) is 14.6 Å². The molecule has 1 saturated heterocycles. The van der Waals surface area contributed by atoms with Crippen molar-refractivity contribution in [2.75, 3.05) is 6.61 Å². The van der Waals surface area contributed by atoms with Gasteiger partial charge in [0.05, 0.1) is 12.6 Å². The number of nitrogens with zero attached hydrogens (tertiary/aromatic N) is 5. The molecular formula is C9H10ClN5O. The molecule has 84 valence electrons. The Morgan fingerprint density at radius 2 is 2.44 bits per heavy atom. The number of hydrogen-bond donors (Lipinski definition) is 0. The molecule has 0 amide bonds. The molecule has 0 aliphatic carbocycles. The third kappa shape index (κ3) is 1.64. The molecule has 0 bridgehead atoms. The molecule has 6 nitrogen and oxygen atoms in total. The van der Waals surface area contributed by atoms with Gasteiger partial charge < -0.3 is 4.74 Å². The Kier molecular flexibility index (Phi) is 2.45. The minimum atomic E-state index is 0.207. The van der Waals surface area contributed by atoms with Crippen molar-refractivity contribution in [1.82, 2.24) is 25.0 Å². The van der Waals surface area contributed by atoms with Crippen molar-refractivity contribution >= 4 is 22.8 Å². The molecule has 0 N–H and O–H groups in total. The van der Waals surface area contributed by atoms with Crippen LogP contribution in [0.4, 0.5) is 0 Å². The Bertz CT molecular complexity index is 508. The van der Waals surface area contributed by atoms with E-state index in [0.29, 0.717) is 22.9 Å². The van der Waals surface area contributed by atoms with Gasteiger partial charge in [0.1, 0.15) is 6.33 Å². The normalized spacial score (nSPS) is 20.7. The predicted octanol–water partition coefficient (Wildman–Crippen LogP) is 1.05. The van der Waals surface area contributed by atoms with Gasteiger partial charge in [0.2, 0.25) is 0 Å². The third-order valence-electron chi connectivity index (χ3n) is 2.66. The van der Waals surface area contributed by atoms with Crippen molar-refractivity contribution in [2.45, 2.75) is 25.5 Å². The maximum Gasteiger partial charge on any atom is 0.183 e. The van der Waals surface area contributed by atoms with Crippen LogP contribution in [0.25, 0.3) is 11.2 Å². The van der Waals surface area contributed by atoms with Crippen molar-refractivity contribution in [3.05, 3.63) is 11.5 Å². The van der Waals surface area contributed by atoms with Gasteiger partial charge in [0, 0.05) is 6.61 Å². The zero-order valence-corrected chi connectivity index (χ0v) is 9.26. The number of fused-ring (bicyclic) bond motifs is 1. The Balaban J connectivity index is 1.94. The molecule has 0 saturated carbocycles. The summed E-state index contributed by atoms with van der Waals surface area (Å²) in [7, 11) is 0. The number of ether oxygens (including phenoxy) is 1. The fourth-order valence-corrected chi connectivity index (χ4v) is 2.03. The van der Waals surface area contributed by atoms with E-state index in [2.05, 4.69) is 20.3 Å². The third-order valence-corrected chi connectivity index (χ3v) is 2.93. The van der Waals surface area contributed by atoms with Crippen LogP contribution in [-0.4, -0.2) is 37.7 Å². The highest BCUT2D eigenvalue weighted by Gasteiger charge is 2.19. The fraction of sp³-hybridized carbons (Fsp3) is 0.556. The molecule has 0 radical (unpaired) electrons. The van der Waals surface area contributed by atoms with Crippen LogP contribution in [0, 0.1) is 0 Å². The molecule has 1 fully saturated rings.